The Morgan fingerprint density at radius 1 is 0.477 bits per heavy atom. The van der Waals surface area contributed by atoms with Crippen LogP contribution in [-0.2, 0) is 5.16 Å². The number of fused-ring (bicyclic) bond motifs is 3. The third-order valence-electron chi connectivity index (χ3n) is 11.8. The third-order valence-corrected chi connectivity index (χ3v) is 16.0. The maximum Gasteiger partial charge on any atom is 0.0418 e. The molecule has 0 atom stereocenters. The Kier molecular flexibility index (Phi) is 14.7. The van der Waals surface area contributed by atoms with Gasteiger partial charge >= 0.3 is 0 Å². The van der Waals surface area contributed by atoms with Gasteiger partial charge in [0.2, 0.25) is 0 Å². The first-order chi connectivity index (χ1) is 21.9. The fourth-order valence-electron chi connectivity index (χ4n) is 9.55. The molecule has 0 aromatic heterocycles. The predicted octanol–water partition coefficient (Wildman–Crippen LogP) is 14.7. The van der Waals surface area contributed by atoms with Crippen molar-refractivity contribution in [2.75, 3.05) is 0 Å². The molecule has 0 N–H and O–H groups in total. The molecule has 2 saturated carbocycles. The highest BCUT2D eigenvalue weighted by atomic mass is 31.1. The average molecular weight is 615 g/mol. The normalized spacial score (nSPS) is 18.5. The van der Waals surface area contributed by atoms with Crippen molar-refractivity contribution in [2.24, 2.45) is 0 Å². The second-order valence-electron chi connectivity index (χ2n) is 15.0. The van der Waals surface area contributed by atoms with E-state index in [0.29, 0.717) is 5.16 Å². The van der Waals surface area contributed by atoms with Crippen LogP contribution in [0.1, 0.15) is 191 Å². The Hall–Kier alpha value is -1.13. The van der Waals surface area contributed by atoms with Crippen molar-refractivity contribution < 1.29 is 0 Å². The lowest BCUT2D eigenvalue weighted by Gasteiger charge is -2.50. The minimum Gasteiger partial charge on any atom is -0.0846 e. The SMILES string of the molecule is CCCCCCCCCCCCCCCCCCC1(P(C2CCCCC2)C2CCCCC2)c2ccccc2-c2ccccc21. The number of rotatable bonds is 20. The van der Waals surface area contributed by atoms with Crippen LogP contribution in [0.4, 0.5) is 0 Å². The van der Waals surface area contributed by atoms with E-state index >= 15 is 0 Å². The van der Waals surface area contributed by atoms with Crippen LogP contribution < -0.4 is 0 Å². The molecule has 0 unspecified atom stereocenters. The molecule has 0 saturated heterocycles. The number of benzene rings is 2. The van der Waals surface area contributed by atoms with Crippen molar-refractivity contribution >= 4 is 7.92 Å². The summed E-state index contributed by atoms with van der Waals surface area (Å²) in [6.45, 7) is 2.32. The number of hydrogen-bond donors (Lipinski definition) is 0. The summed E-state index contributed by atoms with van der Waals surface area (Å²) in [6.07, 6.45) is 39.6. The Morgan fingerprint density at radius 3 is 1.25 bits per heavy atom. The van der Waals surface area contributed by atoms with Gasteiger partial charge in [-0.25, -0.2) is 0 Å². The first kappa shape index (κ1) is 34.2. The lowest BCUT2D eigenvalue weighted by atomic mass is 9.89. The topological polar surface area (TPSA) is 0 Å². The summed E-state index contributed by atoms with van der Waals surface area (Å²) < 4.78 is 0. The van der Waals surface area contributed by atoms with Crippen molar-refractivity contribution in [2.45, 2.75) is 197 Å². The molecule has 0 amide bonds. The van der Waals surface area contributed by atoms with E-state index in [-0.39, 0.29) is 7.92 Å². The zero-order valence-corrected chi connectivity index (χ0v) is 29.7. The molecule has 244 valence electrons. The molecule has 0 bridgehead atoms. The van der Waals surface area contributed by atoms with E-state index < -0.39 is 0 Å². The smallest absolute Gasteiger partial charge is 0.0418 e. The molecule has 0 spiro atoms. The monoisotopic (exact) mass is 614 g/mol. The van der Waals surface area contributed by atoms with Gasteiger partial charge in [-0.2, -0.15) is 0 Å². The van der Waals surface area contributed by atoms with Gasteiger partial charge in [0, 0.05) is 5.16 Å². The van der Waals surface area contributed by atoms with Gasteiger partial charge in [0.15, 0.2) is 0 Å². The van der Waals surface area contributed by atoms with E-state index in [4.69, 9.17) is 0 Å². The van der Waals surface area contributed by atoms with Gasteiger partial charge in [0.25, 0.3) is 0 Å². The molecule has 0 nitrogen and oxygen atoms in total. The molecule has 44 heavy (non-hydrogen) atoms. The van der Waals surface area contributed by atoms with E-state index in [1.165, 1.54) is 173 Å². The fraction of sp³-hybridized carbons (Fsp3) is 0.721. The van der Waals surface area contributed by atoms with Gasteiger partial charge < -0.3 is 0 Å². The van der Waals surface area contributed by atoms with Crippen LogP contribution in [0.15, 0.2) is 48.5 Å². The lowest BCUT2D eigenvalue weighted by molar-refractivity contribution is 0.465. The van der Waals surface area contributed by atoms with Crippen molar-refractivity contribution in [3.8, 4) is 11.1 Å². The predicted molar refractivity (Wildman–Crippen MR) is 197 cm³/mol. The molecule has 2 aromatic rings. The van der Waals surface area contributed by atoms with Crippen molar-refractivity contribution in [1.29, 1.82) is 0 Å². The quantitative estimate of drug-likeness (QED) is 0.103. The van der Waals surface area contributed by atoms with Gasteiger partial charge in [-0.15, -0.1) is 0 Å². The zero-order chi connectivity index (χ0) is 30.3. The van der Waals surface area contributed by atoms with Crippen LogP contribution >= 0.6 is 7.92 Å². The zero-order valence-electron chi connectivity index (χ0n) is 28.8. The van der Waals surface area contributed by atoms with Gasteiger partial charge in [-0.05, 0) is 65.7 Å². The summed E-state index contributed by atoms with van der Waals surface area (Å²) in [5, 5.41) is 0.294. The molecule has 2 fully saturated rings. The van der Waals surface area contributed by atoms with E-state index in [0.717, 1.165) is 11.3 Å². The van der Waals surface area contributed by atoms with Crippen molar-refractivity contribution in [3.63, 3.8) is 0 Å². The third kappa shape index (κ3) is 8.81. The average Bonchev–Trinajstić information content (AvgIpc) is 3.36. The minimum atomic E-state index is -0.0992. The first-order valence-electron chi connectivity index (χ1n) is 19.8. The molecule has 0 heterocycles. The van der Waals surface area contributed by atoms with Crippen molar-refractivity contribution in [1.82, 2.24) is 0 Å². The molecule has 0 radical (unpaired) electrons. The number of hydrogen-bond acceptors (Lipinski definition) is 0. The molecular formula is C43H67P. The van der Waals surface area contributed by atoms with Crippen LogP contribution in [-0.4, -0.2) is 11.3 Å². The highest BCUT2D eigenvalue weighted by Gasteiger charge is 2.52. The Balaban J connectivity index is 1.17. The maximum atomic E-state index is 2.59. The molecule has 3 aliphatic rings. The van der Waals surface area contributed by atoms with Gasteiger partial charge in [0.05, 0.1) is 0 Å². The van der Waals surface area contributed by atoms with Crippen LogP contribution in [0.5, 0.6) is 0 Å². The summed E-state index contributed by atoms with van der Waals surface area (Å²) in [5.41, 5.74) is 8.59. The maximum absolute atomic E-state index is 2.59. The summed E-state index contributed by atoms with van der Waals surface area (Å²) in [4.78, 5) is 0. The van der Waals surface area contributed by atoms with E-state index in [2.05, 4.69) is 55.5 Å². The summed E-state index contributed by atoms with van der Waals surface area (Å²) >= 11 is 0. The van der Waals surface area contributed by atoms with E-state index in [9.17, 15) is 0 Å². The molecule has 1 heteroatoms. The molecule has 5 rings (SSSR count). The van der Waals surface area contributed by atoms with Crippen molar-refractivity contribution in [3.05, 3.63) is 59.7 Å². The van der Waals surface area contributed by atoms with E-state index in [1.54, 1.807) is 22.3 Å². The summed E-state index contributed by atoms with van der Waals surface area (Å²) in [7, 11) is -0.0992. The molecule has 0 aliphatic heterocycles. The summed E-state index contributed by atoms with van der Waals surface area (Å²) in [5.74, 6) is 0. The molecular weight excluding hydrogens is 547 g/mol. The Bertz CT molecular complexity index is 995. The minimum absolute atomic E-state index is 0.0992. The first-order valence-corrected chi connectivity index (χ1v) is 21.3. The van der Waals surface area contributed by atoms with Gasteiger partial charge in [-0.3, -0.25) is 0 Å². The Morgan fingerprint density at radius 2 is 0.841 bits per heavy atom. The summed E-state index contributed by atoms with van der Waals surface area (Å²) in [6, 6.07) is 19.5. The highest BCUT2D eigenvalue weighted by molar-refractivity contribution is 7.60. The largest absolute Gasteiger partial charge is 0.0846 e. The van der Waals surface area contributed by atoms with Crippen LogP contribution in [0.2, 0.25) is 0 Å². The van der Waals surface area contributed by atoms with E-state index in [1.807, 2.05) is 0 Å². The molecule has 3 aliphatic carbocycles. The van der Waals surface area contributed by atoms with Gasteiger partial charge in [0.1, 0.15) is 0 Å². The second-order valence-corrected chi connectivity index (χ2v) is 18.0. The van der Waals surface area contributed by atoms with Gasteiger partial charge in [-0.1, -0.05) is 205 Å². The Labute approximate surface area is 274 Å². The second kappa shape index (κ2) is 18.9. The van der Waals surface area contributed by atoms with Crippen LogP contribution in [0, 0.1) is 0 Å². The fourth-order valence-corrected chi connectivity index (χ4v) is 14.6. The number of unbranched alkanes of at least 4 members (excludes halogenated alkanes) is 15. The standard InChI is InChI=1S/C43H67P/c1-2-3-4-5-6-7-8-9-10-11-12-13-14-15-16-27-36-43(41-34-25-23-32-39(41)40-33-24-26-35-42(40)43)44(37-28-19-17-20-29-37)38-30-21-18-22-31-38/h23-26,32-35,37-38H,2-22,27-31,36H2,1H3. The highest BCUT2D eigenvalue weighted by Crippen LogP contribution is 2.74. The lowest BCUT2D eigenvalue weighted by Crippen LogP contribution is -2.34. The van der Waals surface area contributed by atoms with Crippen LogP contribution in [0.25, 0.3) is 11.1 Å². The van der Waals surface area contributed by atoms with Crippen LogP contribution in [0.3, 0.4) is 0 Å². The molecule has 2 aromatic carbocycles.